The first kappa shape index (κ1) is 11.3. The van der Waals surface area contributed by atoms with Gasteiger partial charge in [0, 0.05) is 38.8 Å². The van der Waals surface area contributed by atoms with E-state index >= 15 is 0 Å². The van der Waals surface area contributed by atoms with Gasteiger partial charge in [-0.2, -0.15) is 0 Å². The first-order chi connectivity index (χ1) is 7.34. The molecule has 4 nitrogen and oxygen atoms in total. The lowest BCUT2D eigenvalue weighted by molar-refractivity contribution is 0.0351. The quantitative estimate of drug-likeness (QED) is 0.691. The molecule has 2 aliphatic rings. The van der Waals surface area contributed by atoms with E-state index in [0.717, 1.165) is 32.8 Å². The summed E-state index contributed by atoms with van der Waals surface area (Å²) < 4.78 is 5.34. The maximum atomic E-state index is 5.34. The van der Waals surface area contributed by atoms with Crippen LogP contribution in [-0.2, 0) is 4.74 Å². The van der Waals surface area contributed by atoms with Crippen LogP contribution in [0, 0.1) is 0 Å². The van der Waals surface area contributed by atoms with Crippen LogP contribution in [0.2, 0.25) is 0 Å². The maximum Gasteiger partial charge on any atom is 0.0594 e. The Morgan fingerprint density at radius 1 is 1.27 bits per heavy atom. The fourth-order valence-corrected chi connectivity index (χ4v) is 2.35. The number of hydrogen-bond donors (Lipinski definition) is 1. The topological polar surface area (TPSA) is 27.7 Å². The van der Waals surface area contributed by atoms with Gasteiger partial charge in [-0.1, -0.05) is 0 Å². The van der Waals surface area contributed by atoms with Gasteiger partial charge in [0.25, 0.3) is 0 Å². The molecule has 0 amide bonds. The monoisotopic (exact) mass is 213 g/mol. The van der Waals surface area contributed by atoms with Crippen molar-refractivity contribution in [3.63, 3.8) is 0 Å². The second kappa shape index (κ2) is 5.80. The normalized spacial score (nSPS) is 30.6. The van der Waals surface area contributed by atoms with Gasteiger partial charge >= 0.3 is 0 Å². The zero-order valence-corrected chi connectivity index (χ0v) is 9.74. The van der Waals surface area contributed by atoms with Crippen molar-refractivity contribution in [2.24, 2.45) is 0 Å². The van der Waals surface area contributed by atoms with E-state index < -0.39 is 0 Å². The Morgan fingerprint density at radius 3 is 2.80 bits per heavy atom. The first-order valence-electron chi connectivity index (χ1n) is 6.06. The Labute approximate surface area is 92.6 Å². The molecule has 4 heteroatoms. The molecule has 2 rings (SSSR count). The Balaban J connectivity index is 1.63. The highest BCUT2D eigenvalue weighted by Crippen LogP contribution is 2.04. The summed E-state index contributed by atoms with van der Waals surface area (Å²) >= 11 is 0. The third kappa shape index (κ3) is 3.72. The van der Waals surface area contributed by atoms with Crippen LogP contribution >= 0.6 is 0 Å². The second-order valence-electron chi connectivity index (χ2n) is 4.66. The lowest BCUT2D eigenvalue weighted by Crippen LogP contribution is -2.50. The molecule has 2 heterocycles. The number of ether oxygens (including phenoxy) is 1. The van der Waals surface area contributed by atoms with Crippen molar-refractivity contribution < 1.29 is 4.74 Å². The van der Waals surface area contributed by atoms with Crippen molar-refractivity contribution in [1.82, 2.24) is 15.1 Å². The van der Waals surface area contributed by atoms with Crippen molar-refractivity contribution >= 4 is 0 Å². The molecule has 0 aromatic heterocycles. The summed E-state index contributed by atoms with van der Waals surface area (Å²) in [4.78, 5) is 4.93. The molecule has 1 N–H and O–H groups in total. The summed E-state index contributed by atoms with van der Waals surface area (Å²) in [5, 5.41) is 3.59. The van der Waals surface area contributed by atoms with E-state index in [1.807, 2.05) is 0 Å². The minimum Gasteiger partial charge on any atom is -0.379 e. The number of hydrogen-bond acceptors (Lipinski definition) is 4. The molecule has 0 saturated carbocycles. The highest BCUT2D eigenvalue weighted by Gasteiger charge is 2.18. The molecule has 15 heavy (non-hydrogen) atoms. The Hall–Kier alpha value is -0.160. The summed E-state index contributed by atoms with van der Waals surface area (Å²) in [6.45, 7) is 8.80. The van der Waals surface area contributed by atoms with Crippen molar-refractivity contribution in [2.75, 3.05) is 59.5 Å². The summed E-state index contributed by atoms with van der Waals surface area (Å²) in [5.41, 5.74) is 0. The Kier molecular flexibility index (Phi) is 4.38. The van der Waals surface area contributed by atoms with E-state index in [0.29, 0.717) is 6.04 Å². The van der Waals surface area contributed by atoms with E-state index in [-0.39, 0.29) is 0 Å². The molecule has 0 bridgehead atoms. The third-order valence-corrected chi connectivity index (χ3v) is 3.36. The zero-order valence-electron chi connectivity index (χ0n) is 9.74. The number of morpholine rings is 1. The van der Waals surface area contributed by atoms with Gasteiger partial charge in [-0.25, -0.2) is 0 Å². The Morgan fingerprint density at radius 2 is 2.07 bits per heavy atom. The minimum atomic E-state index is 0.687. The summed E-state index contributed by atoms with van der Waals surface area (Å²) in [5.74, 6) is 0. The maximum absolute atomic E-state index is 5.34. The molecule has 0 aromatic carbocycles. The molecule has 0 spiro atoms. The van der Waals surface area contributed by atoms with Gasteiger partial charge < -0.3 is 15.0 Å². The highest BCUT2D eigenvalue weighted by atomic mass is 16.5. The molecule has 0 aliphatic carbocycles. The summed E-state index contributed by atoms with van der Waals surface area (Å²) in [6, 6.07) is 0.687. The molecule has 1 unspecified atom stereocenters. The van der Waals surface area contributed by atoms with Crippen LogP contribution in [0.1, 0.15) is 6.42 Å². The van der Waals surface area contributed by atoms with Gasteiger partial charge in [0.2, 0.25) is 0 Å². The van der Waals surface area contributed by atoms with Crippen molar-refractivity contribution in [2.45, 2.75) is 12.5 Å². The van der Waals surface area contributed by atoms with Crippen molar-refractivity contribution in [3.8, 4) is 0 Å². The standard InChI is InChI=1S/C11H23N3O/c1-13-5-3-12-11(10-13)2-4-14-6-8-15-9-7-14/h11-12H,2-10H2,1H3. The molecule has 1 atom stereocenters. The van der Waals surface area contributed by atoms with E-state index in [4.69, 9.17) is 4.74 Å². The van der Waals surface area contributed by atoms with E-state index in [1.165, 1.54) is 26.1 Å². The van der Waals surface area contributed by atoms with Crippen LogP contribution in [0.4, 0.5) is 0 Å². The highest BCUT2D eigenvalue weighted by molar-refractivity contribution is 4.78. The van der Waals surface area contributed by atoms with E-state index in [1.54, 1.807) is 0 Å². The van der Waals surface area contributed by atoms with Gasteiger partial charge in [0.1, 0.15) is 0 Å². The van der Waals surface area contributed by atoms with Gasteiger partial charge in [-0.05, 0) is 20.0 Å². The van der Waals surface area contributed by atoms with Crippen LogP contribution < -0.4 is 5.32 Å². The number of likely N-dealkylation sites (N-methyl/N-ethyl adjacent to an activating group) is 1. The lowest BCUT2D eigenvalue weighted by Gasteiger charge is -2.33. The Bertz CT molecular complexity index is 183. The zero-order chi connectivity index (χ0) is 10.5. The molecular weight excluding hydrogens is 190 g/mol. The molecule has 0 radical (unpaired) electrons. The summed E-state index contributed by atoms with van der Waals surface area (Å²) in [7, 11) is 2.21. The molecule has 2 fully saturated rings. The van der Waals surface area contributed by atoms with Gasteiger partial charge in [-0.3, -0.25) is 4.90 Å². The van der Waals surface area contributed by atoms with Crippen LogP contribution in [-0.4, -0.2) is 75.4 Å². The van der Waals surface area contributed by atoms with Crippen molar-refractivity contribution in [1.29, 1.82) is 0 Å². The fraction of sp³-hybridized carbons (Fsp3) is 1.00. The van der Waals surface area contributed by atoms with Gasteiger partial charge in [0.05, 0.1) is 13.2 Å². The number of piperazine rings is 1. The van der Waals surface area contributed by atoms with Crippen LogP contribution in [0.15, 0.2) is 0 Å². The molecular formula is C11H23N3O. The number of nitrogens with zero attached hydrogens (tertiary/aromatic N) is 2. The van der Waals surface area contributed by atoms with Gasteiger partial charge in [0.15, 0.2) is 0 Å². The van der Waals surface area contributed by atoms with E-state index in [2.05, 4.69) is 22.2 Å². The third-order valence-electron chi connectivity index (χ3n) is 3.36. The van der Waals surface area contributed by atoms with Crippen molar-refractivity contribution in [3.05, 3.63) is 0 Å². The largest absolute Gasteiger partial charge is 0.379 e. The average molecular weight is 213 g/mol. The molecule has 2 aliphatic heterocycles. The van der Waals surface area contributed by atoms with Gasteiger partial charge in [-0.15, -0.1) is 0 Å². The first-order valence-corrected chi connectivity index (χ1v) is 6.06. The molecule has 0 aromatic rings. The SMILES string of the molecule is CN1CCNC(CCN2CCOCC2)C1. The smallest absolute Gasteiger partial charge is 0.0594 e. The number of nitrogens with one attached hydrogen (secondary N) is 1. The van der Waals surface area contributed by atoms with Crippen LogP contribution in [0.3, 0.4) is 0 Å². The molecule has 2 saturated heterocycles. The summed E-state index contributed by atoms with van der Waals surface area (Å²) in [6.07, 6.45) is 1.27. The lowest BCUT2D eigenvalue weighted by atomic mass is 10.1. The van der Waals surface area contributed by atoms with Crippen LogP contribution in [0.5, 0.6) is 0 Å². The van der Waals surface area contributed by atoms with E-state index in [9.17, 15) is 0 Å². The predicted molar refractivity (Wildman–Crippen MR) is 61.2 cm³/mol. The number of rotatable bonds is 3. The predicted octanol–water partition coefficient (Wildman–Crippen LogP) is -0.388. The average Bonchev–Trinajstić information content (AvgIpc) is 2.28. The second-order valence-corrected chi connectivity index (χ2v) is 4.66. The van der Waals surface area contributed by atoms with Crippen LogP contribution in [0.25, 0.3) is 0 Å². The minimum absolute atomic E-state index is 0.687. The fourth-order valence-electron chi connectivity index (χ4n) is 2.35. The molecule has 88 valence electrons.